The number of hydrogen-bond donors (Lipinski definition) is 0. The summed E-state index contributed by atoms with van der Waals surface area (Å²) in [7, 11) is 0. The second kappa shape index (κ2) is 19.4. The summed E-state index contributed by atoms with van der Waals surface area (Å²) in [6.07, 6.45) is 26.6. The van der Waals surface area contributed by atoms with E-state index in [0.29, 0.717) is 12.3 Å². The van der Waals surface area contributed by atoms with Crippen molar-refractivity contribution in [2.24, 2.45) is 5.92 Å². The fourth-order valence-corrected chi connectivity index (χ4v) is 3.78. The lowest BCUT2D eigenvalue weighted by Gasteiger charge is -2.15. The maximum Gasteiger partial charge on any atom is 0.142 e. The van der Waals surface area contributed by atoms with Gasteiger partial charge in [-0.1, -0.05) is 99.9 Å². The zero-order chi connectivity index (χ0) is 20.8. The molecule has 0 fully saturated rings. The predicted octanol–water partition coefficient (Wildman–Crippen LogP) is 7.73. The van der Waals surface area contributed by atoms with Crippen molar-refractivity contribution in [3.8, 4) is 0 Å². The molecule has 160 valence electrons. The lowest BCUT2D eigenvalue weighted by atomic mass is 9.91. The van der Waals surface area contributed by atoms with Gasteiger partial charge in [0, 0.05) is 6.42 Å². The quantitative estimate of drug-likeness (QED) is 0.136. The third-order valence-electron chi connectivity index (χ3n) is 5.48. The fraction of sp³-hybridized carbons (Fsp3) is 0.556. The first kappa shape index (κ1) is 25.1. The van der Waals surface area contributed by atoms with Crippen molar-refractivity contribution in [1.29, 1.82) is 0 Å². The molecule has 2 heteroatoms. The Morgan fingerprint density at radius 1 is 0.655 bits per heavy atom. The molecule has 29 heavy (non-hydrogen) atoms. The number of benzene rings is 1. The van der Waals surface area contributed by atoms with E-state index in [2.05, 4.69) is 36.4 Å². The molecule has 0 saturated heterocycles. The van der Waals surface area contributed by atoms with Crippen molar-refractivity contribution < 1.29 is 9.59 Å². The fourth-order valence-electron chi connectivity index (χ4n) is 3.78. The topological polar surface area (TPSA) is 34.1 Å². The maximum absolute atomic E-state index is 10.8. The van der Waals surface area contributed by atoms with Crippen LogP contribution in [0.1, 0.15) is 95.5 Å². The number of hydrogen-bond acceptors (Lipinski definition) is 2. The normalized spacial score (nSPS) is 12.6. The lowest BCUT2D eigenvalue weighted by Crippen LogP contribution is -2.01. The van der Waals surface area contributed by atoms with Crippen LogP contribution in [-0.2, 0) is 9.59 Å². The van der Waals surface area contributed by atoms with Gasteiger partial charge in [-0.25, -0.2) is 0 Å². The Balaban J connectivity index is 2.07. The highest BCUT2D eigenvalue weighted by atomic mass is 16.1. The molecular formula is C27H40O2. The van der Waals surface area contributed by atoms with Gasteiger partial charge in [-0.05, 0) is 49.7 Å². The molecule has 0 aliphatic carbocycles. The van der Waals surface area contributed by atoms with E-state index in [1.54, 1.807) is 6.08 Å². The number of aldehydes is 2. The first-order chi connectivity index (χ1) is 14.4. The van der Waals surface area contributed by atoms with Gasteiger partial charge >= 0.3 is 0 Å². The number of carbonyl (C=O) groups excluding carboxylic acids is 2. The summed E-state index contributed by atoms with van der Waals surface area (Å²) in [5.74, 6) is 0.704. The molecule has 0 bridgehead atoms. The van der Waals surface area contributed by atoms with Crippen LogP contribution in [0.2, 0.25) is 0 Å². The van der Waals surface area contributed by atoms with Crippen LogP contribution >= 0.6 is 0 Å². The van der Waals surface area contributed by atoms with Crippen LogP contribution in [0.5, 0.6) is 0 Å². The molecular weight excluding hydrogens is 356 g/mol. The van der Waals surface area contributed by atoms with E-state index in [4.69, 9.17) is 0 Å². The van der Waals surface area contributed by atoms with Gasteiger partial charge < -0.3 is 4.79 Å². The van der Waals surface area contributed by atoms with Gasteiger partial charge in [0.2, 0.25) is 0 Å². The maximum atomic E-state index is 10.8. The number of unbranched alkanes of at least 4 members (excludes halogenated alkanes) is 8. The van der Waals surface area contributed by atoms with Crippen molar-refractivity contribution in [1.82, 2.24) is 0 Å². The summed E-state index contributed by atoms with van der Waals surface area (Å²) < 4.78 is 0. The molecule has 0 spiro atoms. The van der Waals surface area contributed by atoms with Crippen molar-refractivity contribution in [2.45, 2.75) is 89.9 Å². The van der Waals surface area contributed by atoms with Crippen LogP contribution < -0.4 is 0 Å². The molecule has 0 amide bonds. The van der Waals surface area contributed by atoms with Gasteiger partial charge in [0.25, 0.3) is 0 Å². The minimum atomic E-state index is 0.704. The third kappa shape index (κ3) is 15.6. The summed E-state index contributed by atoms with van der Waals surface area (Å²) in [6.45, 7) is 0. The summed E-state index contributed by atoms with van der Waals surface area (Å²) >= 11 is 0. The van der Waals surface area contributed by atoms with Crippen molar-refractivity contribution in [3.05, 3.63) is 54.1 Å². The third-order valence-corrected chi connectivity index (χ3v) is 5.48. The van der Waals surface area contributed by atoms with E-state index in [-0.39, 0.29) is 0 Å². The molecule has 1 aromatic rings. The molecule has 1 aromatic carbocycles. The van der Waals surface area contributed by atoms with Crippen LogP contribution in [0, 0.1) is 5.92 Å². The monoisotopic (exact) mass is 396 g/mol. The second-order valence-electron chi connectivity index (χ2n) is 7.97. The molecule has 0 heterocycles. The largest absolute Gasteiger partial charge is 0.303 e. The number of carbonyl (C=O) groups is 2. The van der Waals surface area contributed by atoms with Gasteiger partial charge in [-0.2, -0.15) is 0 Å². The first-order valence-electron chi connectivity index (χ1n) is 11.6. The van der Waals surface area contributed by atoms with Gasteiger partial charge in [0.05, 0.1) is 0 Å². The van der Waals surface area contributed by atoms with Crippen LogP contribution in [0.15, 0.2) is 48.6 Å². The molecule has 0 aliphatic rings. The van der Waals surface area contributed by atoms with Crippen LogP contribution in [-0.4, -0.2) is 12.6 Å². The van der Waals surface area contributed by atoms with Crippen LogP contribution in [0.4, 0.5) is 0 Å². The van der Waals surface area contributed by atoms with E-state index >= 15 is 0 Å². The van der Waals surface area contributed by atoms with Crippen molar-refractivity contribution in [2.75, 3.05) is 0 Å². The Morgan fingerprint density at radius 3 is 2.03 bits per heavy atom. The van der Waals surface area contributed by atoms with E-state index in [0.717, 1.165) is 31.8 Å². The van der Waals surface area contributed by atoms with Crippen molar-refractivity contribution in [3.63, 3.8) is 0 Å². The summed E-state index contributed by atoms with van der Waals surface area (Å²) in [5, 5.41) is 0. The van der Waals surface area contributed by atoms with E-state index in [1.807, 2.05) is 12.1 Å². The Bertz CT molecular complexity index is 559. The number of allylic oxidation sites excluding steroid dienone is 3. The predicted molar refractivity (Wildman–Crippen MR) is 125 cm³/mol. The molecule has 1 rings (SSSR count). The molecule has 0 radical (unpaired) electrons. The van der Waals surface area contributed by atoms with Gasteiger partial charge in [-0.15, -0.1) is 0 Å². The standard InChI is InChI=1S/C27H40O2/c28-24-16-8-6-4-2-1-3-5-7-11-18-27(23-17-25-29)22-15-10-14-21-26-19-12-9-13-20-26/h8-9,12-14,16,19-21,24-25,27H,1-7,10-11,15,17-18,22-23H2/b16-8?,21-14+. The Hall–Kier alpha value is -1.96. The minimum absolute atomic E-state index is 0.704. The Morgan fingerprint density at radius 2 is 1.31 bits per heavy atom. The van der Waals surface area contributed by atoms with E-state index in [1.165, 1.54) is 69.8 Å². The average molecular weight is 397 g/mol. The zero-order valence-corrected chi connectivity index (χ0v) is 18.1. The Kier molecular flexibility index (Phi) is 16.7. The SMILES string of the molecule is O=CC=CCCCCCCCCCC(CCC=O)CCC/C=C/c1ccccc1. The molecule has 2 nitrogen and oxygen atoms in total. The lowest BCUT2D eigenvalue weighted by molar-refractivity contribution is -0.108. The molecule has 0 aromatic heterocycles. The minimum Gasteiger partial charge on any atom is -0.303 e. The van der Waals surface area contributed by atoms with E-state index < -0.39 is 0 Å². The summed E-state index contributed by atoms with van der Waals surface area (Å²) in [5.41, 5.74) is 1.27. The summed E-state index contributed by atoms with van der Waals surface area (Å²) in [4.78, 5) is 21.0. The molecule has 0 saturated carbocycles. The highest BCUT2D eigenvalue weighted by Gasteiger charge is 2.08. The molecule has 0 N–H and O–H groups in total. The highest BCUT2D eigenvalue weighted by Crippen LogP contribution is 2.22. The van der Waals surface area contributed by atoms with Gasteiger partial charge in [0.1, 0.15) is 12.6 Å². The molecule has 1 atom stereocenters. The highest BCUT2D eigenvalue weighted by molar-refractivity contribution is 5.64. The zero-order valence-electron chi connectivity index (χ0n) is 18.1. The van der Waals surface area contributed by atoms with Gasteiger partial charge in [0.15, 0.2) is 0 Å². The molecule has 0 aliphatic heterocycles. The molecule has 1 unspecified atom stereocenters. The first-order valence-corrected chi connectivity index (χ1v) is 11.6. The van der Waals surface area contributed by atoms with Crippen LogP contribution in [0.25, 0.3) is 6.08 Å². The smallest absolute Gasteiger partial charge is 0.142 e. The van der Waals surface area contributed by atoms with Gasteiger partial charge in [-0.3, -0.25) is 4.79 Å². The number of rotatable bonds is 19. The summed E-state index contributed by atoms with van der Waals surface area (Å²) in [6, 6.07) is 10.5. The average Bonchev–Trinajstić information content (AvgIpc) is 2.75. The Labute approximate surface area is 178 Å². The van der Waals surface area contributed by atoms with Crippen LogP contribution in [0.3, 0.4) is 0 Å². The van der Waals surface area contributed by atoms with E-state index in [9.17, 15) is 9.59 Å². The van der Waals surface area contributed by atoms with Crippen molar-refractivity contribution >= 4 is 18.6 Å². The second-order valence-corrected chi connectivity index (χ2v) is 7.97.